The molecule has 0 heterocycles. The van der Waals surface area contributed by atoms with E-state index in [1.165, 1.54) is 11.1 Å². The van der Waals surface area contributed by atoms with Gasteiger partial charge in [0, 0.05) is 16.3 Å². The van der Waals surface area contributed by atoms with Gasteiger partial charge < -0.3 is 0 Å². The first kappa shape index (κ1) is 12.2. The lowest BCUT2D eigenvalue weighted by molar-refractivity contribution is 0.112. The minimum atomic E-state index is 0.720. The molecule has 0 atom stereocenters. The Morgan fingerprint density at radius 2 is 1.47 bits per heavy atom. The molecule has 0 fully saturated rings. The summed E-state index contributed by atoms with van der Waals surface area (Å²) < 4.78 is 0. The predicted molar refractivity (Wildman–Crippen MR) is 81.3 cm³/mol. The number of hydrogen-bond donors (Lipinski definition) is 0. The molecule has 0 N–H and O–H groups in total. The highest BCUT2D eigenvalue weighted by Crippen LogP contribution is 2.36. The van der Waals surface area contributed by atoms with E-state index in [1.54, 1.807) is 0 Å². The Labute approximate surface area is 116 Å². The van der Waals surface area contributed by atoms with Gasteiger partial charge in [0.25, 0.3) is 0 Å². The fourth-order valence-electron chi connectivity index (χ4n) is 2.55. The number of halogens is 1. The lowest BCUT2D eigenvalue weighted by Gasteiger charge is -2.12. The molecule has 19 heavy (non-hydrogen) atoms. The van der Waals surface area contributed by atoms with Gasteiger partial charge in [0.2, 0.25) is 0 Å². The molecule has 1 nitrogen and oxygen atoms in total. The molecule has 0 aliphatic heterocycles. The molecule has 0 saturated heterocycles. The minimum Gasteiger partial charge on any atom is -0.298 e. The molecule has 3 aromatic carbocycles. The molecule has 3 rings (SSSR count). The van der Waals surface area contributed by atoms with Crippen molar-refractivity contribution in [1.29, 1.82) is 0 Å². The zero-order valence-corrected chi connectivity index (χ0v) is 11.6. The van der Waals surface area contributed by atoms with Crippen molar-refractivity contribution in [3.63, 3.8) is 0 Å². The van der Waals surface area contributed by atoms with E-state index in [0.29, 0.717) is 0 Å². The quantitative estimate of drug-likeness (QED) is 0.444. The van der Waals surface area contributed by atoms with Crippen molar-refractivity contribution in [3.05, 3.63) is 58.1 Å². The Bertz CT molecular complexity index is 818. The van der Waals surface area contributed by atoms with E-state index in [0.717, 1.165) is 38.4 Å². The molecule has 0 aromatic heterocycles. The molecule has 2 heteroatoms. The third-order valence-electron chi connectivity index (χ3n) is 3.73. The fraction of sp³-hybridized carbons (Fsp3) is 0.118. The van der Waals surface area contributed by atoms with Crippen molar-refractivity contribution >= 4 is 39.4 Å². The highest BCUT2D eigenvalue weighted by atomic mass is 35.5. The molecule has 0 saturated carbocycles. The molecular formula is C17H13ClO. The summed E-state index contributed by atoms with van der Waals surface area (Å²) in [6.07, 6.45) is 0.926. The van der Waals surface area contributed by atoms with Crippen LogP contribution in [0.15, 0.2) is 36.4 Å². The molecule has 0 aliphatic rings. The van der Waals surface area contributed by atoms with Crippen LogP contribution in [0, 0.1) is 13.8 Å². The second kappa shape index (κ2) is 4.36. The second-order valence-corrected chi connectivity index (χ2v) is 5.25. The monoisotopic (exact) mass is 268 g/mol. The van der Waals surface area contributed by atoms with E-state index in [2.05, 4.69) is 13.0 Å². The van der Waals surface area contributed by atoms with Crippen LogP contribution in [-0.4, -0.2) is 6.29 Å². The lowest BCUT2D eigenvalue weighted by Crippen LogP contribution is -1.91. The van der Waals surface area contributed by atoms with Crippen LogP contribution in [0.1, 0.15) is 21.5 Å². The molecular weight excluding hydrogens is 256 g/mol. The Kier molecular flexibility index (Phi) is 2.79. The van der Waals surface area contributed by atoms with Crippen LogP contribution >= 0.6 is 11.6 Å². The van der Waals surface area contributed by atoms with Crippen molar-refractivity contribution in [1.82, 2.24) is 0 Å². The van der Waals surface area contributed by atoms with Gasteiger partial charge in [0.05, 0.1) is 5.02 Å². The van der Waals surface area contributed by atoms with Gasteiger partial charge in [0.15, 0.2) is 6.29 Å². The first-order chi connectivity index (χ1) is 9.13. The molecule has 0 bridgehead atoms. The van der Waals surface area contributed by atoms with Crippen LogP contribution < -0.4 is 0 Å². The van der Waals surface area contributed by atoms with Gasteiger partial charge in [-0.1, -0.05) is 41.9 Å². The number of aldehydes is 1. The summed E-state index contributed by atoms with van der Waals surface area (Å²) in [5.74, 6) is 0. The minimum absolute atomic E-state index is 0.720. The van der Waals surface area contributed by atoms with Crippen LogP contribution in [0.5, 0.6) is 0 Å². The summed E-state index contributed by atoms with van der Waals surface area (Å²) >= 11 is 6.51. The van der Waals surface area contributed by atoms with Crippen molar-refractivity contribution < 1.29 is 4.79 Å². The largest absolute Gasteiger partial charge is 0.298 e. The number of rotatable bonds is 1. The third-order valence-corrected chi connectivity index (χ3v) is 4.14. The van der Waals surface area contributed by atoms with E-state index in [9.17, 15) is 4.79 Å². The molecule has 0 amide bonds. The first-order valence-corrected chi connectivity index (χ1v) is 6.57. The number of aryl methyl sites for hydroxylation is 2. The van der Waals surface area contributed by atoms with Gasteiger partial charge >= 0.3 is 0 Å². The highest BCUT2D eigenvalue weighted by Gasteiger charge is 2.12. The smallest absolute Gasteiger partial charge is 0.151 e. The average molecular weight is 269 g/mol. The Morgan fingerprint density at radius 3 is 2.11 bits per heavy atom. The summed E-state index contributed by atoms with van der Waals surface area (Å²) in [4.78, 5) is 11.5. The fourth-order valence-corrected chi connectivity index (χ4v) is 2.87. The normalized spacial score (nSPS) is 11.1. The van der Waals surface area contributed by atoms with Gasteiger partial charge in [-0.25, -0.2) is 0 Å². The summed E-state index contributed by atoms with van der Waals surface area (Å²) in [5.41, 5.74) is 3.07. The van der Waals surface area contributed by atoms with Gasteiger partial charge in [0.1, 0.15) is 0 Å². The van der Waals surface area contributed by atoms with Gasteiger partial charge in [-0.15, -0.1) is 0 Å². The SMILES string of the molecule is Cc1cc2c(Cl)c3ccccc3c(C=O)c2cc1C. The number of benzene rings is 3. The van der Waals surface area contributed by atoms with Gasteiger partial charge in [-0.3, -0.25) is 4.79 Å². The maximum Gasteiger partial charge on any atom is 0.151 e. The van der Waals surface area contributed by atoms with Crippen LogP contribution in [0.25, 0.3) is 21.5 Å². The van der Waals surface area contributed by atoms with Crippen molar-refractivity contribution in [2.75, 3.05) is 0 Å². The predicted octanol–water partition coefficient (Wildman–Crippen LogP) is 5.08. The number of hydrogen-bond acceptors (Lipinski definition) is 1. The van der Waals surface area contributed by atoms with Crippen LogP contribution in [0.4, 0.5) is 0 Å². The number of carbonyl (C=O) groups is 1. The van der Waals surface area contributed by atoms with Crippen molar-refractivity contribution in [2.24, 2.45) is 0 Å². The molecule has 3 aromatic rings. The van der Waals surface area contributed by atoms with Crippen LogP contribution in [0.2, 0.25) is 5.02 Å². The zero-order valence-electron chi connectivity index (χ0n) is 10.8. The van der Waals surface area contributed by atoms with E-state index < -0.39 is 0 Å². The second-order valence-electron chi connectivity index (χ2n) is 4.87. The summed E-state index contributed by atoms with van der Waals surface area (Å²) in [5, 5.41) is 4.45. The highest BCUT2D eigenvalue weighted by molar-refractivity contribution is 6.42. The van der Waals surface area contributed by atoms with E-state index in [4.69, 9.17) is 11.6 Å². The van der Waals surface area contributed by atoms with E-state index >= 15 is 0 Å². The standard InChI is InChI=1S/C17H13ClO/c1-10-7-14-15(8-11(10)2)17(18)13-6-4-3-5-12(13)16(14)9-19/h3-9H,1-2H3. The lowest BCUT2D eigenvalue weighted by atomic mass is 9.94. The molecule has 0 radical (unpaired) electrons. The molecule has 0 spiro atoms. The van der Waals surface area contributed by atoms with Crippen molar-refractivity contribution in [3.8, 4) is 0 Å². The summed E-state index contributed by atoms with van der Waals surface area (Å²) in [7, 11) is 0. The molecule has 0 aliphatic carbocycles. The third kappa shape index (κ3) is 1.73. The number of fused-ring (bicyclic) bond motifs is 2. The van der Waals surface area contributed by atoms with Crippen molar-refractivity contribution in [2.45, 2.75) is 13.8 Å². The molecule has 0 unspecified atom stereocenters. The van der Waals surface area contributed by atoms with Gasteiger partial charge in [-0.2, -0.15) is 0 Å². The van der Waals surface area contributed by atoms with E-state index in [1.807, 2.05) is 37.3 Å². The summed E-state index contributed by atoms with van der Waals surface area (Å²) in [6, 6.07) is 11.9. The van der Waals surface area contributed by atoms with Crippen LogP contribution in [-0.2, 0) is 0 Å². The van der Waals surface area contributed by atoms with E-state index in [-0.39, 0.29) is 0 Å². The first-order valence-electron chi connectivity index (χ1n) is 6.20. The molecule has 94 valence electrons. The Hall–Kier alpha value is -1.86. The van der Waals surface area contributed by atoms with Crippen LogP contribution in [0.3, 0.4) is 0 Å². The zero-order chi connectivity index (χ0) is 13.6. The average Bonchev–Trinajstić information content (AvgIpc) is 2.42. The Morgan fingerprint density at radius 1 is 0.895 bits per heavy atom. The maximum atomic E-state index is 11.5. The van der Waals surface area contributed by atoms with Gasteiger partial charge in [-0.05, 0) is 41.8 Å². The topological polar surface area (TPSA) is 17.1 Å². The number of carbonyl (C=O) groups excluding carboxylic acids is 1. The summed E-state index contributed by atoms with van der Waals surface area (Å²) in [6.45, 7) is 4.10. The maximum absolute atomic E-state index is 11.5. The Balaban J connectivity index is 2.65.